The van der Waals surface area contributed by atoms with Crippen LogP contribution in [-0.4, -0.2) is 24.5 Å². The Morgan fingerprint density at radius 2 is 1.66 bits per heavy atom. The third kappa shape index (κ3) is 5.80. The molecular weight excluding hydrogens is 551 g/mol. The lowest BCUT2D eigenvalue weighted by Crippen LogP contribution is -2.54. The zero-order chi connectivity index (χ0) is 27.4. The number of nitrogens with zero attached hydrogens (tertiary/aromatic N) is 1. The number of hydrogen-bond acceptors (Lipinski definition) is 5. The van der Waals surface area contributed by atoms with Gasteiger partial charge in [-0.05, 0) is 60.9 Å². The van der Waals surface area contributed by atoms with Crippen LogP contribution < -0.4 is 19.7 Å². The van der Waals surface area contributed by atoms with Gasteiger partial charge in [0.05, 0.1) is 17.3 Å². The summed E-state index contributed by atoms with van der Waals surface area (Å²) < 4.78 is 11.7. The maximum atomic E-state index is 13.4. The second-order valence-electron chi connectivity index (χ2n) is 8.23. The van der Waals surface area contributed by atoms with E-state index >= 15 is 0 Å². The molecule has 10 heteroatoms. The van der Waals surface area contributed by atoms with Gasteiger partial charge in [-0.15, -0.1) is 0 Å². The highest BCUT2D eigenvalue weighted by atomic mass is 35.5. The molecular formula is C28H23Cl3N2O5. The van der Waals surface area contributed by atoms with Gasteiger partial charge in [-0.1, -0.05) is 66.0 Å². The van der Waals surface area contributed by atoms with Gasteiger partial charge in [0.2, 0.25) is 0 Å². The Morgan fingerprint density at radius 1 is 0.895 bits per heavy atom. The SMILES string of the molecule is CCOc1cc(/C=C2/C(=O)NC(=O)N(c3ccccc3CC)C2=O)cc(Cl)c1OCc1ccc(Cl)cc1Cl. The molecule has 0 radical (unpaired) electrons. The number of anilines is 1. The molecule has 1 heterocycles. The van der Waals surface area contributed by atoms with E-state index < -0.39 is 17.8 Å². The number of barbiturate groups is 1. The van der Waals surface area contributed by atoms with Crippen LogP contribution >= 0.6 is 34.8 Å². The molecule has 0 unspecified atom stereocenters. The van der Waals surface area contributed by atoms with Crippen LogP contribution in [0.3, 0.4) is 0 Å². The lowest BCUT2D eigenvalue weighted by molar-refractivity contribution is -0.122. The number of halogens is 3. The van der Waals surface area contributed by atoms with E-state index in [1.165, 1.54) is 12.1 Å². The molecule has 1 fully saturated rings. The number of nitrogens with one attached hydrogen (secondary N) is 1. The van der Waals surface area contributed by atoms with Gasteiger partial charge in [0.25, 0.3) is 11.8 Å². The second-order valence-corrected chi connectivity index (χ2v) is 9.48. The molecule has 0 atom stereocenters. The average molecular weight is 574 g/mol. The van der Waals surface area contributed by atoms with Gasteiger partial charge in [0.15, 0.2) is 11.5 Å². The first kappa shape index (κ1) is 27.5. The van der Waals surface area contributed by atoms with Gasteiger partial charge in [-0.2, -0.15) is 0 Å². The number of urea groups is 1. The van der Waals surface area contributed by atoms with E-state index in [4.69, 9.17) is 44.3 Å². The van der Waals surface area contributed by atoms with Gasteiger partial charge in [-0.3, -0.25) is 14.9 Å². The minimum Gasteiger partial charge on any atom is -0.490 e. The average Bonchev–Trinajstić information content (AvgIpc) is 2.87. The summed E-state index contributed by atoms with van der Waals surface area (Å²) in [5.74, 6) is -0.969. The second kappa shape index (κ2) is 11.9. The van der Waals surface area contributed by atoms with Crippen LogP contribution in [0.2, 0.25) is 15.1 Å². The Bertz CT molecular complexity index is 1450. The van der Waals surface area contributed by atoms with E-state index in [0.717, 1.165) is 10.5 Å². The quantitative estimate of drug-likeness (QED) is 0.235. The summed E-state index contributed by atoms with van der Waals surface area (Å²) in [6, 6.07) is 14.4. The molecule has 7 nitrogen and oxygen atoms in total. The fourth-order valence-electron chi connectivity index (χ4n) is 3.93. The van der Waals surface area contributed by atoms with Crippen molar-refractivity contribution in [2.75, 3.05) is 11.5 Å². The van der Waals surface area contributed by atoms with Crippen LogP contribution in [0.15, 0.2) is 60.2 Å². The summed E-state index contributed by atoms with van der Waals surface area (Å²) in [7, 11) is 0. The minimum atomic E-state index is -0.810. The standard InChI is InChI=1S/C28H23Cl3N2O5/c1-3-17-7-5-6-8-23(17)33-27(35)20(26(34)32-28(33)36)11-16-12-22(31)25(24(13-16)37-4-2)38-15-18-9-10-19(29)14-21(18)30/h5-14H,3-4,15H2,1-2H3,(H,32,34,36)/b20-11-. The number of benzene rings is 3. The number of ether oxygens (including phenoxy) is 2. The number of hydrogen-bond donors (Lipinski definition) is 1. The van der Waals surface area contributed by atoms with Crippen LogP contribution in [0.25, 0.3) is 6.08 Å². The predicted molar refractivity (Wildman–Crippen MR) is 148 cm³/mol. The van der Waals surface area contributed by atoms with E-state index in [2.05, 4.69) is 5.32 Å². The molecule has 3 aromatic rings. The number of para-hydroxylation sites is 1. The molecule has 1 saturated heterocycles. The number of amides is 4. The molecule has 0 spiro atoms. The highest BCUT2D eigenvalue weighted by Crippen LogP contribution is 2.38. The third-order valence-electron chi connectivity index (χ3n) is 5.74. The van der Waals surface area contributed by atoms with Crippen molar-refractivity contribution >= 4 is 64.4 Å². The molecule has 196 valence electrons. The van der Waals surface area contributed by atoms with Gasteiger partial charge in [-0.25, -0.2) is 9.69 Å². The van der Waals surface area contributed by atoms with Crippen LogP contribution in [0.5, 0.6) is 11.5 Å². The number of imide groups is 2. The van der Waals surface area contributed by atoms with Crippen molar-refractivity contribution in [1.29, 1.82) is 0 Å². The van der Waals surface area contributed by atoms with Gasteiger partial charge >= 0.3 is 6.03 Å². The van der Waals surface area contributed by atoms with Gasteiger partial charge in [0.1, 0.15) is 12.2 Å². The number of aryl methyl sites for hydroxylation is 1. The molecule has 3 aromatic carbocycles. The molecule has 0 saturated carbocycles. The van der Waals surface area contributed by atoms with Crippen molar-refractivity contribution in [1.82, 2.24) is 5.32 Å². The van der Waals surface area contributed by atoms with Crippen LogP contribution in [0.1, 0.15) is 30.5 Å². The fraction of sp³-hybridized carbons (Fsp3) is 0.179. The largest absolute Gasteiger partial charge is 0.490 e. The lowest BCUT2D eigenvalue weighted by Gasteiger charge is -2.28. The van der Waals surface area contributed by atoms with Crippen LogP contribution in [0.4, 0.5) is 10.5 Å². The van der Waals surface area contributed by atoms with E-state index in [0.29, 0.717) is 45.6 Å². The van der Waals surface area contributed by atoms with E-state index in [1.54, 1.807) is 43.3 Å². The van der Waals surface area contributed by atoms with Crippen molar-refractivity contribution < 1.29 is 23.9 Å². The summed E-state index contributed by atoms with van der Waals surface area (Å²) in [6.45, 7) is 4.12. The smallest absolute Gasteiger partial charge is 0.335 e. The maximum Gasteiger partial charge on any atom is 0.335 e. The minimum absolute atomic E-state index is 0.102. The molecule has 1 aliphatic rings. The van der Waals surface area contributed by atoms with Crippen molar-refractivity contribution in [3.8, 4) is 11.5 Å². The lowest BCUT2D eigenvalue weighted by atomic mass is 10.0. The summed E-state index contributed by atoms with van der Waals surface area (Å²) in [4.78, 5) is 39.6. The molecule has 0 aromatic heterocycles. The first-order valence-electron chi connectivity index (χ1n) is 11.8. The normalized spacial score (nSPS) is 14.6. The molecule has 0 bridgehead atoms. The van der Waals surface area contributed by atoms with Crippen molar-refractivity contribution in [3.63, 3.8) is 0 Å². The Labute approximate surface area is 234 Å². The molecule has 4 rings (SSSR count). The van der Waals surface area contributed by atoms with Gasteiger partial charge in [0, 0.05) is 15.6 Å². The van der Waals surface area contributed by atoms with Crippen molar-refractivity contribution in [2.24, 2.45) is 0 Å². The molecule has 0 aliphatic carbocycles. The van der Waals surface area contributed by atoms with E-state index in [-0.39, 0.29) is 23.0 Å². The molecule has 1 N–H and O–H groups in total. The Kier molecular flexibility index (Phi) is 8.62. The predicted octanol–water partition coefficient (Wildman–Crippen LogP) is 6.85. The zero-order valence-corrected chi connectivity index (χ0v) is 22.8. The first-order chi connectivity index (χ1) is 18.2. The summed E-state index contributed by atoms with van der Waals surface area (Å²) in [6.07, 6.45) is 1.95. The molecule has 38 heavy (non-hydrogen) atoms. The van der Waals surface area contributed by atoms with E-state index in [9.17, 15) is 14.4 Å². The van der Waals surface area contributed by atoms with Crippen LogP contribution in [0, 0.1) is 0 Å². The monoisotopic (exact) mass is 572 g/mol. The topological polar surface area (TPSA) is 84.9 Å². The number of carbonyl (C=O) groups excluding carboxylic acids is 3. The number of rotatable bonds is 8. The van der Waals surface area contributed by atoms with Crippen molar-refractivity contribution in [3.05, 3.63) is 91.9 Å². The maximum absolute atomic E-state index is 13.4. The summed E-state index contributed by atoms with van der Waals surface area (Å²) >= 11 is 18.8. The van der Waals surface area contributed by atoms with Crippen LogP contribution in [-0.2, 0) is 22.6 Å². The molecule has 4 amide bonds. The number of carbonyl (C=O) groups is 3. The Hall–Kier alpha value is -3.52. The van der Waals surface area contributed by atoms with Gasteiger partial charge < -0.3 is 9.47 Å². The Balaban J connectivity index is 1.68. The molecule has 1 aliphatic heterocycles. The Morgan fingerprint density at radius 3 is 2.37 bits per heavy atom. The summed E-state index contributed by atoms with van der Waals surface area (Å²) in [5.41, 5.74) is 2.08. The highest BCUT2D eigenvalue weighted by molar-refractivity contribution is 6.39. The third-order valence-corrected chi connectivity index (χ3v) is 6.61. The van der Waals surface area contributed by atoms with E-state index in [1.807, 2.05) is 19.1 Å². The zero-order valence-electron chi connectivity index (χ0n) is 20.5. The van der Waals surface area contributed by atoms with Crippen molar-refractivity contribution in [2.45, 2.75) is 26.9 Å². The summed E-state index contributed by atoms with van der Waals surface area (Å²) in [5, 5.41) is 3.38. The fourth-order valence-corrected chi connectivity index (χ4v) is 4.67. The first-order valence-corrected chi connectivity index (χ1v) is 12.9. The highest BCUT2D eigenvalue weighted by Gasteiger charge is 2.37.